The Morgan fingerprint density at radius 1 is 1.18 bits per heavy atom. The molecule has 0 atom stereocenters. The molecule has 0 saturated carbocycles. The number of benzene rings is 1. The molecule has 2 aromatic rings. The Hall–Kier alpha value is -1.74. The van der Waals surface area contributed by atoms with E-state index in [9.17, 15) is 4.79 Å². The van der Waals surface area contributed by atoms with Gasteiger partial charge in [-0.05, 0) is 30.2 Å². The summed E-state index contributed by atoms with van der Waals surface area (Å²) in [4.78, 5) is 19.9. The number of aryl methyl sites for hydroxylation is 1. The molecule has 0 fully saturated rings. The molecular formula is C13H11ClN2O. The number of carbonyl (C=O) groups excluding carboxylic acids is 1. The maximum absolute atomic E-state index is 11.9. The van der Waals surface area contributed by atoms with Crippen molar-refractivity contribution in [1.29, 1.82) is 0 Å². The third kappa shape index (κ3) is 3.11. The molecule has 0 N–H and O–H groups in total. The number of aromatic nitrogens is 2. The number of hydrogen-bond donors (Lipinski definition) is 0. The van der Waals surface area contributed by atoms with Gasteiger partial charge in [0.2, 0.25) is 5.78 Å². The Morgan fingerprint density at radius 2 is 1.76 bits per heavy atom. The monoisotopic (exact) mass is 246 g/mol. The van der Waals surface area contributed by atoms with E-state index in [4.69, 9.17) is 11.6 Å². The van der Waals surface area contributed by atoms with Crippen LogP contribution in [-0.2, 0) is 6.42 Å². The first-order valence-corrected chi connectivity index (χ1v) is 5.59. The van der Waals surface area contributed by atoms with Gasteiger partial charge in [0, 0.05) is 23.8 Å². The van der Waals surface area contributed by atoms with Crippen LogP contribution in [0.25, 0.3) is 0 Å². The van der Waals surface area contributed by atoms with E-state index < -0.39 is 0 Å². The van der Waals surface area contributed by atoms with E-state index in [1.54, 1.807) is 24.5 Å². The second-order valence-corrected chi connectivity index (χ2v) is 4.25. The van der Waals surface area contributed by atoms with Crippen LogP contribution in [-0.4, -0.2) is 15.8 Å². The quantitative estimate of drug-likeness (QED) is 0.782. The van der Waals surface area contributed by atoms with Crippen molar-refractivity contribution in [2.24, 2.45) is 0 Å². The van der Waals surface area contributed by atoms with E-state index >= 15 is 0 Å². The lowest BCUT2D eigenvalue weighted by atomic mass is 10.1. The van der Waals surface area contributed by atoms with Gasteiger partial charge in [-0.1, -0.05) is 23.7 Å². The van der Waals surface area contributed by atoms with Crippen LogP contribution in [0.3, 0.4) is 0 Å². The van der Waals surface area contributed by atoms with Crippen molar-refractivity contribution in [2.45, 2.75) is 13.3 Å². The number of hydrogen-bond acceptors (Lipinski definition) is 3. The van der Waals surface area contributed by atoms with E-state index in [-0.39, 0.29) is 11.6 Å². The zero-order chi connectivity index (χ0) is 12.3. The second-order valence-electron chi connectivity index (χ2n) is 3.81. The Kier molecular flexibility index (Phi) is 3.49. The maximum Gasteiger partial charge on any atom is 0.204 e. The fourth-order valence-corrected chi connectivity index (χ4v) is 1.53. The van der Waals surface area contributed by atoms with Gasteiger partial charge >= 0.3 is 0 Å². The number of Topliss-reactive ketones (excluding diaryl/α,β-unsaturated/α-hetero) is 1. The highest BCUT2D eigenvalue weighted by atomic mass is 35.5. The van der Waals surface area contributed by atoms with E-state index in [1.165, 1.54) is 0 Å². The maximum atomic E-state index is 11.9. The molecule has 0 bridgehead atoms. The van der Waals surface area contributed by atoms with E-state index in [2.05, 4.69) is 9.97 Å². The zero-order valence-electron chi connectivity index (χ0n) is 9.35. The molecule has 0 amide bonds. The molecule has 2 rings (SSSR count). The summed E-state index contributed by atoms with van der Waals surface area (Å²) in [5.74, 6) is 0.165. The summed E-state index contributed by atoms with van der Waals surface area (Å²) in [7, 11) is 0. The molecule has 1 heterocycles. The van der Waals surface area contributed by atoms with Crippen molar-refractivity contribution in [3.8, 4) is 0 Å². The molecule has 0 aliphatic rings. The molecule has 0 radical (unpaired) electrons. The minimum atomic E-state index is -0.0904. The summed E-state index contributed by atoms with van der Waals surface area (Å²) < 4.78 is 0. The van der Waals surface area contributed by atoms with Gasteiger partial charge in [-0.2, -0.15) is 0 Å². The number of halogens is 1. The molecule has 0 unspecified atom stereocenters. The molecule has 0 aliphatic heterocycles. The summed E-state index contributed by atoms with van der Waals surface area (Å²) in [6.45, 7) is 1.88. The van der Waals surface area contributed by atoms with Crippen LogP contribution in [0.2, 0.25) is 5.02 Å². The molecule has 1 aromatic carbocycles. The van der Waals surface area contributed by atoms with Crippen LogP contribution in [0.5, 0.6) is 0 Å². The fourth-order valence-electron chi connectivity index (χ4n) is 1.40. The lowest BCUT2D eigenvalue weighted by Crippen LogP contribution is -2.08. The van der Waals surface area contributed by atoms with Gasteiger partial charge in [-0.25, -0.2) is 9.97 Å². The van der Waals surface area contributed by atoms with E-state index in [0.717, 1.165) is 11.1 Å². The Balaban J connectivity index is 2.11. The first-order valence-electron chi connectivity index (χ1n) is 5.21. The summed E-state index contributed by atoms with van der Waals surface area (Å²) >= 11 is 5.77. The van der Waals surface area contributed by atoms with Crippen molar-refractivity contribution in [1.82, 2.24) is 9.97 Å². The first kappa shape index (κ1) is 11.7. The van der Waals surface area contributed by atoms with Gasteiger partial charge < -0.3 is 0 Å². The molecule has 0 spiro atoms. The molecule has 0 saturated heterocycles. The largest absolute Gasteiger partial charge is 0.290 e. The van der Waals surface area contributed by atoms with Crippen molar-refractivity contribution in [3.05, 3.63) is 58.6 Å². The standard InChI is InChI=1S/C13H11ClN2O/c1-9-7-15-13(16-8-9)12(17)6-10-2-4-11(14)5-3-10/h2-5,7-8H,6H2,1H3. The number of nitrogens with zero attached hydrogens (tertiary/aromatic N) is 2. The summed E-state index contributed by atoms with van der Waals surface area (Å²) in [5.41, 5.74) is 1.84. The van der Waals surface area contributed by atoms with Crippen molar-refractivity contribution < 1.29 is 4.79 Å². The number of ketones is 1. The molecule has 17 heavy (non-hydrogen) atoms. The fraction of sp³-hybridized carbons (Fsp3) is 0.154. The highest BCUT2D eigenvalue weighted by Gasteiger charge is 2.09. The summed E-state index contributed by atoms with van der Waals surface area (Å²) in [6, 6.07) is 7.18. The van der Waals surface area contributed by atoms with Crippen LogP contribution < -0.4 is 0 Å². The van der Waals surface area contributed by atoms with Gasteiger partial charge in [0.25, 0.3) is 0 Å². The average Bonchev–Trinajstić information content (AvgIpc) is 2.33. The van der Waals surface area contributed by atoms with E-state index in [1.807, 2.05) is 19.1 Å². The average molecular weight is 247 g/mol. The van der Waals surface area contributed by atoms with Crippen LogP contribution in [0.4, 0.5) is 0 Å². The van der Waals surface area contributed by atoms with Crippen molar-refractivity contribution >= 4 is 17.4 Å². The lowest BCUT2D eigenvalue weighted by Gasteiger charge is -2.00. The minimum Gasteiger partial charge on any atom is -0.290 e. The number of carbonyl (C=O) groups is 1. The van der Waals surface area contributed by atoms with Crippen LogP contribution in [0.1, 0.15) is 21.7 Å². The summed E-state index contributed by atoms with van der Waals surface area (Å²) in [5, 5.41) is 0.660. The van der Waals surface area contributed by atoms with Crippen LogP contribution in [0.15, 0.2) is 36.7 Å². The van der Waals surface area contributed by atoms with Crippen molar-refractivity contribution in [3.63, 3.8) is 0 Å². The third-order valence-corrected chi connectivity index (χ3v) is 2.56. The van der Waals surface area contributed by atoms with Gasteiger partial charge in [0.1, 0.15) is 0 Å². The SMILES string of the molecule is Cc1cnc(C(=O)Cc2ccc(Cl)cc2)nc1. The lowest BCUT2D eigenvalue weighted by molar-refractivity contribution is 0.0983. The Bertz CT molecular complexity index is 520. The predicted octanol–water partition coefficient (Wildman–Crippen LogP) is 2.86. The van der Waals surface area contributed by atoms with Gasteiger partial charge in [-0.15, -0.1) is 0 Å². The van der Waals surface area contributed by atoms with E-state index in [0.29, 0.717) is 11.4 Å². The molecule has 4 heteroatoms. The zero-order valence-corrected chi connectivity index (χ0v) is 10.1. The first-order chi connectivity index (χ1) is 8.15. The highest BCUT2D eigenvalue weighted by molar-refractivity contribution is 6.30. The minimum absolute atomic E-state index is 0.0904. The van der Waals surface area contributed by atoms with Gasteiger partial charge in [0.05, 0.1) is 0 Å². The topological polar surface area (TPSA) is 42.9 Å². The molecule has 3 nitrogen and oxygen atoms in total. The molecule has 0 aliphatic carbocycles. The second kappa shape index (κ2) is 5.06. The van der Waals surface area contributed by atoms with Crippen LogP contribution in [0, 0.1) is 6.92 Å². The van der Waals surface area contributed by atoms with Gasteiger partial charge in [-0.3, -0.25) is 4.79 Å². The smallest absolute Gasteiger partial charge is 0.204 e. The number of rotatable bonds is 3. The highest BCUT2D eigenvalue weighted by Crippen LogP contribution is 2.11. The van der Waals surface area contributed by atoms with Crippen molar-refractivity contribution in [2.75, 3.05) is 0 Å². The Labute approximate surface area is 104 Å². The summed E-state index contributed by atoms with van der Waals surface area (Å²) in [6.07, 6.45) is 3.57. The van der Waals surface area contributed by atoms with Gasteiger partial charge in [0.15, 0.2) is 5.82 Å². The Morgan fingerprint density at radius 3 is 2.35 bits per heavy atom. The third-order valence-electron chi connectivity index (χ3n) is 2.31. The predicted molar refractivity (Wildman–Crippen MR) is 66.3 cm³/mol. The normalized spacial score (nSPS) is 10.2. The molecular weight excluding hydrogens is 236 g/mol. The van der Waals surface area contributed by atoms with Crippen LogP contribution >= 0.6 is 11.6 Å². The molecule has 1 aromatic heterocycles. The molecule has 86 valence electrons.